The van der Waals surface area contributed by atoms with Crippen LogP contribution in [0.4, 0.5) is 5.82 Å². The van der Waals surface area contributed by atoms with Gasteiger partial charge >= 0.3 is 0 Å². The SMILES string of the molecule is Cl.Cl.N[C@@H]1CCC[C@H]1CC(=O)N1CCN(c2ccccn2)CC1. The summed E-state index contributed by atoms with van der Waals surface area (Å²) >= 11 is 0. The fourth-order valence-corrected chi connectivity index (χ4v) is 3.40. The van der Waals surface area contributed by atoms with Crippen LogP contribution in [0.15, 0.2) is 24.4 Å². The Balaban J connectivity index is 0.00000132. The lowest BCUT2D eigenvalue weighted by Gasteiger charge is -2.36. The smallest absolute Gasteiger partial charge is 0.223 e. The zero-order chi connectivity index (χ0) is 14.7. The van der Waals surface area contributed by atoms with Gasteiger partial charge in [-0.3, -0.25) is 4.79 Å². The van der Waals surface area contributed by atoms with E-state index in [0.29, 0.717) is 12.3 Å². The van der Waals surface area contributed by atoms with Crippen LogP contribution in [0.2, 0.25) is 0 Å². The van der Waals surface area contributed by atoms with Crippen molar-refractivity contribution in [3.8, 4) is 0 Å². The van der Waals surface area contributed by atoms with Crippen LogP contribution in [0.1, 0.15) is 25.7 Å². The summed E-state index contributed by atoms with van der Waals surface area (Å²) in [4.78, 5) is 21.0. The van der Waals surface area contributed by atoms with Crippen LogP contribution >= 0.6 is 24.8 Å². The number of amides is 1. The molecule has 7 heteroatoms. The van der Waals surface area contributed by atoms with Crippen molar-refractivity contribution < 1.29 is 4.79 Å². The van der Waals surface area contributed by atoms with Crippen LogP contribution in [0, 0.1) is 5.92 Å². The number of rotatable bonds is 3. The molecule has 0 radical (unpaired) electrons. The van der Waals surface area contributed by atoms with E-state index in [0.717, 1.165) is 44.8 Å². The highest BCUT2D eigenvalue weighted by Crippen LogP contribution is 2.27. The summed E-state index contributed by atoms with van der Waals surface area (Å²) in [6.45, 7) is 3.30. The molecule has 3 rings (SSSR count). The third kappa shape index (κ3) is 4.96. The highest BCUT2D eigenvalue weighted by Gasteiger charge is 2.29. The van der Waals surface area contributed by atoms with Gasteiger partial charge in [0.05, 0.1) is 0 Å². The van der Waals surface area contributed by atoms with E-state index in [-0.39, 0.29) is 36.8 Å². The van der Waals surface area contributed by atoms with Gasteiger partial charge in [-0.05, 0) is 30.9 Å². The quantitative estimate of drug-likeness (QED) is 0.896. The number of pyridine rings is 1. The van der Waals surface area contributed by atoms with Crippen molar-refractivity contribution in [2.75, 3.05) is 31.1 Å². The monoisotopic (exact) mass is 360 g/mol. The first-order valence-electron chi connectivity index (χ1n) is 7.93. The maximum Gasteiger partial charge on any atom is 0.223 e. The van der Waals surface area contributed by atoms with Gasteiger partial charge in [0.2, 0.25) is 5.91 Å². The number of hydrogen-bond donors (Lipinski definition) is 1. The molecule has 2 heterocycles. The Morgan fingerprint density at radius 1 is 1.17 bits per heavy atom. The fraction of sp³-hybridized carbons (Fsp3) is 0.625. The van der Waals surface area contributed by atoms with Crippen molar-refractivity contribution in [1.82, 2.24) is 9.88 Å². The predicted octanol–water partition coefficient (Wildman–Crippen LogP) is 2.09. The number of piperazine rings is 1. The number of carbonyl (C=O) groups excluding carboxylic acids is 1. The molecular formula is C16H26Cl2N4O. The molecule has 2 N–H and O–H groups in total. The number of carbonyl (C=O) groups is 1. The Hall–Kier alpha value is -1.04. The lowest BCUT2D eigenvalue weighted by atomic mass is 9.99. The Morgan fingerprint density at radius 2 is 1.91 bits per heavy atom. The third-order valence-corrected chi connectivity index (χ3v) is 4.76. The minimum atomic E-state index is 0. The van der Waals surface area contributed by atoms with Gasteiger partial charge in [0.25, 0.3) is 0 Å². The first-order chi connectivity index (χ1) is 10.2. The van der Waals surface area contributed by atoms with Gasteiger partial charge in [-0.15, -0.1) is 24.8 Å². The molecule has 1 aromatic rings. The van der Waals surface area contributed by atoms with Gasteiger partial charge in [-0.2, -0.15) is 0 Å². The first kappa shape index (κ1) is 20.0. The maximum atomic E-state index is 12.4. The molecule has 1 saturated carbocycles. The van der Waals surface area contributed by atoms with Crippen molar-refractivity contribution in [3.05, 3.63) is 24.4 Å². The van der Waals surface area contributed by atoms with Crippen LogP contribution < -0.4 is 10.6 Å². The van der Waals surface area contributed by atoms with Crippen molar-refractivity contribution in [2.45, 2.75) is 31.7 Å². The number of anilines is 1. The lowest BCUT2D eigenvalue weighted by molar-refractivity contribution is -0.132. The summed E-state index contributed by atoms with van der Waals surface area (Å²) in [5, 5.41) is 0. The maximum absolute atomic E-state index is 12.4. The molecule has 130 valence electrons. The van der Waals surface area contributed by atoms with Crippen LogP contribution in [0.5, 0.6) is 0 Å². The first-order valence-corrected chi connectivity index (χ1v) is 7.93. The van der Waals surface area contributed by atoms with Gasteiger partial charge < -0.3 is 15.5 Å². The Labute approximate surface area is 150 Å². The number of nitrogens with zero attached hydrogens (tertiary/aromatic N) is 3. The molecular weight excluding hydrogens is 335 g/mol. The zero-order valence-corrected chi connectivity index (χ0v) is 14.9. The molecule has 0 unspecified atom stereocenters. The van der Waals surface area contributed by atoms with Gasteiger partial charge in [-0.1, -0.05) is 12.5 Å². The van der Waals surface area contributed by atoms with Gasteiger partial charge in [0.1, 0.15) is 5.82 Å². The Bertz CT molecular complexity index is 480. The highest BCUT2D eigenvalue weighted by molar-refractivity contribution is 5.85. The summed E-state index contributed by atoms with van der Waals surface area (Å²) in [6.07, 6.45) is 5.80. The van der Waals surface area contributed by atoms with E-state index in [2.05, 4.69) is 9.88 Å². The van der Waals surface area contributed by atoms with Crippen LogP contribution in [-0.4, -0.2) is 48.0 Å². The van der Waals surface area contributed by atoms with Crippen LogP contribution in [0.25, 0.3) is 0 Å². The second kappa shape index (κ2) is 9.30. The van der Waals surface area contributed by atoms with E-state index in [1.165, 1.54) is 6.42 Å². The molecule has 2 atom stereocenters. The number of hydrogen-bond acceptors (Lipinski definition) is 4. The van der Waals surface area contributed by atoms with Crippen LogP contribution in [0.3, 0.4) is 0 Å². The van der Waals surface area contributed by atoms with E-state index in [4.69, 9.17) is 5.73 Å². The van der Waals surface area contributed by atoms with Crippen molar-refractivity contribution in [1.29, 1.82) is 0 Å². The molecule has 1 amide bonds. The van der Waals surface area contributed by atoms with Gasteiger partial charge in [-0.25, -0.2) is 4.98 Å². The number of halogens is 2. The number of nitrogens with two attached hydrogens (primary N) is 1. The summed E-state index contributed by atoms with van der Waals surface area (Å²) in [5.41, 5.74) is 6.07. The van der Waals surface area contributed by atoms with Gasteiger partial charge in [0.15, 0.2) is 0 Å². The van der Waals surface area contributed by atoms with E-state index >= 15 is 0 Å². The predicted molar refractivity (Wildman–Crippen MR) is 97.5 cm³/mol. The molecule has 1 aliphatic heterocycles. The molecule has 1 aromatic heterocycles. The molecule has 1 aliphatic carbocycles. The van der Waals surface area contributed by atoms with Gasteiger partial charge in [0, 0.05) is 44.8 Å². The molecule has 5 nitrogen and oxygen atoms in total. The highest BCUT2D eigenvalue weighted by atomic mass is 35.5. The van der Waals surface area contributed by atoms with Crippen molar-refractivity contribution in [2.24, 2.45) is 11.7 Å². The average molecular weight is 361 g/mol. The second-order valence-corrected chi connectivity index (χ2v) is 6.11. The van der Waals surface area contributed by atoms with E-state index < -0.39 is 0 Å². The topological polar surface area (TPSA) is 62.5 Å². The average Bonchev–Trinajstić information content (AvgIpc) is 2.93. The molecule has 2 fully saturated rings. The van der Waals surface area contributed by atoms with Crippen molar-refractivity contribution >= 4 is 36.5 Å². The fourth-order valence-electron chi connectivity index (χ4n) is 3.40. The minimum Gasteiger partial charge on any atom is -0.353 e. The third-order valence-electron chi connectivity index (χ3n) is 4.76. The number of aromatic nitrogens is 1. The zero-order valence-electron chi connectivity index (χ0n) is 13.3. The van der Waals surface area contributed by atoms with E-state index in [9.17, 15) is 4.79 Å². The van der Waals surface area contributed by atoms with Crippen molar-refractivity contribution in [3.63, 3.8) is 0 Å². The summed E-state index contributed by atoms with van der Waals surface area (Å²) in [6, 6.07) is 6.17. The Morgan fingerprint density at radius 3 is 2.48 bits per heavy atom. The van der Waals surface area contributed by atoms with E-state index in [1.807, 2.05) is 29.3 Å². The minimum absolute atomic E-state index is 0. The Kier molecular flexibility index (Phi) is 8.09. The van der Waals surface area contributed by atoms with E-state index in [1.54, 1.807) is 0 Å². The standard InChI is InChI=1S/C16H24N4O.2ClH/c17-14-5-3-4-13(14)12-16(21)20-10-8-19(9-11-20)15-6-1-2-7-18-15;;/h1-2,6-7,13-14H,3-5,8-12,17H2;2*1H/t13-,14+;;/m0../s1. The molecule has 23 heavy (non-hydrogen) atoms. The molecule has 1 saturated heterocycles. The lowest BCUT2D eigenvalue weighted by Crippen LogP contribution is -2.49. The molecule has 2 aliphatic rings. The largest absolute Gasteiger partial charge is 0.353 e. The molecule has 0 spiro atoms. The summed E-state index contributed by atoms with van der Waals surface area (Å²) in [5.74, 6) is 1.67. The summed E-state index contributed by atoms with van der Waals surface area (Å²) < 4.78 is 0. The normalized spacial score (nSPS) is 23.9. The van der Waals surface area contributed by atoms with Crippen LogP contribution in [-0.2, 0) is 4.79 Å². The summed E-state index contributed by atoms with van der Waals surface area (Å²) in [7, 11) is 0. The molecule has 0 bridgehead atoms. The molecule has 0 aromatic carbocycles. The second-order valence-electron chi connectivity index (χ2n) is 6.11.